The lowest BCUT2D eigenvalue weighted by Gasteiger charge is -2.30. The standard InChI is InChI=1S/C28H24F3N7O3.CH5N/c1-32-17-6-16(29)21(30)19-20-23(38-4-3-28(31)11-37(2)10-18(28)38)14(8-35-26(20)36-22(17)19)12-5-13-24(39)15(27(40)41)9-34-25(13)33-7-12;1-2/h5-9,18,32H,3-4,10-11H2,1-2H3,(H,35,36)(H,40,41)(H,33,34,39);2H2,1H3/t18-,28-;/m1./s1. The van der Waals surface area contributed by atoms with E-state index in [1.54, 1.807) is 7.05 Å². The van der Waals surface area contributed by atoms with Gasteiger partial charge in [0.2, 0.25) is 5.43 Å². The summed E-state index contributed by atoms with van der Waals surface area (Å²) in [6.45, 7) is 0.968. The van der Waals surface area contributed by atoms with E-state index in [1.165, 1.54) is 25.5 Å². The molecule has 0 amide bonds. The number of likely N-dealkylation sites (N-methyl/N-ethyl adjacent to an activating group) is 1. The molecule has 7 rings (SSSR count). The molecule has 0 aliphatic carbocycles. The Kier molecular flexibility index (Phi) is 6.77. The number of rotatable bonds is 4. The lowest BCUT2D eigenvalue weighted by Crippen LogP contribution is -2.40. The lowest BCUT2D eigenvalue weighted by atomic mass is 9.98. The molecule has 2 aliphatic heterocycles. The number of alkyl halides is 1. The number of halogens is 3. The molecule has 2 saturated heterocycles. The molecule has 4 aromatic heterocycles. The molecule has 0 bridgehead atoms. The number of carbonyl (C=O) groups is 1. The number of nitrogens with two attached hydrogens (primary N) is 1. The molecular formula is C29H29F3N8O3. The summed E-state index contributed by atoms with van der Waals surface area (Å²) in [4.78, 5) is 43.1. The van der Waals surface area contributed by atoms with Gasteiger partial charge in [0.25, 0.3) is 0 Å². The fourth-order valence-corrected chi connectivity index (χ4v) is 6.49. The summed E-state index contributed by atoms with van der Waals surface area (Å²) in [7, 11) is 4.92. The predicted molar refractivity (Wildman–Crippen MR) is 159 cm³/mol. The molecule has 6 heterocycles. The number of fused-ring (bicyclic) bond motifs is 5. The Morgan fingerprint density at radius 3 is 2.65 bits per heavy atom. The molecule has 2 atom stereocenters. The van der Waals surface area contributed by atoms with Gasteiger partial charge in [-0.25, -0.2) is 27.9 Å². The van der Waals surface area contributed by atoms with Gasteiger partial charge in [0, 0.05) is 68.9 Å². The number of pyridine rings is 3. The van der Waals surface area contributed by atoms with E-state index in [1.807, 2.05) is 16.8 Å². The molecule has 43 heavy (non-hydrogen) atoms. The number of aromatic carboxylic acids is 1. The number of anilines is 2. The van der Waals surface area contributed by atoms with Crippen molar-refractivity contribution in [1.82, 2.24) is 24.8 Å². The summed E-state index contributed by atoms with van der Waals surface area (Å²) >= 11 is 0. The number of aromatic nitrogens is 4. The Bertz CT molecular complexity index is 1990. The molecule has 11 nitrogen and oxygen atoms in total. The van der Waals surface area contributed by atoms with Gasteiger partial charge in [-0.15, -0.1) is 0 Å². The highest BCUT2D eigenvalue weighted by Crippen LogP contribution is 2.48. The lowest BCUT2D eigenvalue weighted by molar-refractivity contribution is 0.0695. The molecule has 1 aromatic carbocycles. The summed E-state index contributed by atoms with van der Waals surface area (Å²) in [5, 5.41) is 12.6. The van der Waals surface area contributed by atoms with E-state index < -0.39 is 40.3 Å². The predicted octanol–water partition coefficient (Wildman–Crippen LogP) is 3.45. The fourth-order valence-electron chi connectivity index (χ4n) is 6.49. The van der Waals surface area contributed by atoms with Gasteiger partial charge in [-0.3, -0.25) is 4.79 Å². The van der Waals surface area contributed by atoms with Gasteiger partial charge in [-0.05, 0) is 20.2 Å². The first-order valence-corrected chi connectivity index (χ1v) is 13.6. The van der Waals surface area contributed by atoms with Gasteiger partial charge in [0.05, 0.1) is 39.1 Å². The maximum absolute atomic E-state index is 16.1. The minimum absolute atomic E-state index is 0.0313. The molecule has 14 heteroatoms. The van der Waals surface area contributed by atoms with Crippen molar-refractivity contribution in [3.05, 3.63) is 58.1 Å². The Morgan fingerprint density at radius 1 is 1.19 bits per heavy atom. The van der Waals surface area contributed by atoms with E-state index in [9.17, 15) is 19.1 Å². The second kappa shape index (κ2) is 10.2. The highest BCUT2D eigenvalue weighted by Gasteiger charge is 2.54. The molecule has 6 N–H and O–H groups in total. The number of hydrogen-bond acceptors (Lipinski definition) is 8. The zero-order valence-electron chi connectivity index (χ0n) is 23.6. The van der Waals surface area contributed by atoms with Crippen molar-refractivity contribution in [3.63, 3.8) is 0 Å². The van der Waals surface area contributed by atoms with Crippen molar-refractivity contribution in [2.24, 2.45) is 5.73 Å². The molecule has 2 fully saturated rings. The number of benzene rings is 1. The Labute approximate surface area is 242 Å². The quantitative estimate of drug-likeness (QED) is 0.210. The molecule has 0 spiro atoms. The third-order valence-electron chi connectivity index (χ3n) is 8.35. The molecule has 0 unspecified atom stereocenters. The van der Waals surface area contributed by atoms with Crippen LogP contribution in [-0.2, 0) is 0 Å². The molecule has 0 radical (unpaired) electrons. The Morgan fingerprint density at radius 2 is 1.93 bits per heavy atom. The van der Waals surface area contributed by atoms with Crippen LogP contribution in [0.1, 0.15) is 16.8 Å². The minimum atomic E-state index is -1.51. The monoisotopic (exact) mass is 594 g/mol. The summed E-state index contributed by atoms with van der Waals surface area (Å²) in [5.41, 5.74) is 4.14. The van der Waals surface area contributed by atoms with Gasteiger partial charge < -0.3 is 35.9 Å². The van der Waals surface area contributed by atoms with E-state index in [2.05, 4.69) is 31.0 Å². The summed E-state index contributed by atoms with van der Waals surface area (Å²) in [5.74, 6) is -3.51. The van der Waals surface area contributed by atoms with Crippen LogP contribution < -0.4 is 21.4 Å². The topological polar surface area (TPSA) is 156 Å². The normalized spacial score (nSPS) is 20.1. The Hall–Kier alpha value is -4.69. The van der Waals surface area contributed by atoms with Gasteiger partial charge in [-0.2, -0.15) is 0 Å². The van der Waals surface area contributed by atoms with E-state index in [0.29, 0.717) is 41.1 Å². The molecular weight excluding hydrogens is 565 g/mol. The van der Waals surface area contributed by atoms with Crippen molar-refractivity contribution >= 4 is 50.3 Å². The zero-order chi connectivity index (χ0) is 30.8. The van der Waals surface area contributed by atoms with Crippen LogP contribution in [0.2, 0.25) is 0 Å². The Balaban J connectivity index is 0.00000161. The number of nitrogens with zero attached hydrogens (tertiary/aromatic N) is 4. The minimum Gasteiger partial charge on any atom is -0.477 e. The van der Waals surface area contributed by atoms with Crippen molar-refractivity contribution in [2.75, 3.05) is 51.0 Å². The van der Waals surface area contributed by atoms with E-state index in [0.717, 1.165) is 12.3 Å². The summed E-state index contributed by atoms with van der Waals surface area (Å²) in [6.07, 6.45) is 4.33. The van der Waals surface area contributed by atoms with Crippen LogP contribution in [0.4, 0.5) is 24.5 Å². The number of likely N-dealkylation sites (tertiary alicyclic amines) is 1. The largest absolute Gasteiger partial charge is 0.477 e. The fraction of sp³-hybridized carbons (Fsp3) is 0.310. The van der Waals surface area contributed by atoms with Crippen LogP contribution >= 0.6 is 0 Å². The van der Waals surface area contributed by atoms with E-state index >= 15 is 8.78 Å². The average Bonchev–Trinajstić information content (AvgIpc) is 3.63. The third kappa shape index (κ3) is 4.19. The summed E-state index contributed by atoms with van der Waals surface area (Å²) in [6, 6.07) is 1.98. The smallest absolute Gasteiger partial charge is 0.341 e. The van der Waals surface area contributed by atoms with Crippen LogP contribution in [0.15, 0.2) is 35.5 Å². The van der Waals surface area contributed by atoms with Crippen molar-refractivity contribution in [2.45, 2.75) is 18.1 Å². The van der Waals surface area contributed by atoms with Gasteiger partial charge >= 0.3 is 5.97 Å². The van der Waals surface area contributed by atoms with E-state index in [4.69, 9.17) is 0 Å². The van der Waals surface area contributed by atoms with Crippen molar-refractivity contribution in [1.29, 1.82) is 0 Å². The first-order chi connectivity index (χ1) is 20.6. The maximum atomic E-state index is 16.1. The third-order valence-corrected chi connectivity index (χ3v) is 8.35. The van der Waals surface area contributed by atoms with Crippen molar-refractivity contribution < 1.29 is 23.1 Å². The SMILES string of the molecule is CN.CNc1cc(F)c(F)c2c1[nH]c1ncc(-c3cnc4[nH]cc(C(=O)O)c(=O)c4c3)c(N3CC[C@@]4(F)CN(C)C[C@@H]34)c12. The zero-order valence-corrected chi connectivity index (χ0v) is 23.6. The summed E-state index contributed by atoms with van der Waals surface area (Å²) < 4.78 is 46.6. The average molecular weight is 595 g/mol. The highest BCUT2D eigenvalue weighted by molar-refractivity contribution is 6.18. The van der Waals surface area contributed by atoms with Gasteiger partial charge in [0.1, 0.15) is 22.5 Å². The second-order valence-corrected chi connectivity index (χ2v) is 10.7. The molecule has 224 valence electrons. The number of carboxylic acids is 1. The van der Waals surface area contributed by atoms with Crippen LogP contribution in [0.25, 0.3) is 44.1 Å². The van der Waals surface area contributed by atoms with Crippen LogP contribution in [0.5, 0.6) is 0 Å². The molecule has 0 saturated carbocycles. The van der Waals surface area contributed by atoms with Gasteiger partial charge in [-0.1, -0.05) is 0 Å². The van der Waals surface area contributed by atoms with Gasteiger partial charge in [0.15, 0.2) is 11.6 Å². The number of nitrogens with one attached hydrogen (secondary N) is 3. The first kappa shape index (κ1) is 28.4. The number of H-pyrrole nitrogens is 2. The van der Waals surface area contributed by atoms with Crippen molar-refractivity contribution in [3.8, 4) is 11.1 Å². The number of aromatic amines is 2. The molecule has 5 aromatic rings. The van der Waals surface area contributed by atoms with Crippen LogP contribution in [0, 0.1) is 11.6 Å². The highest BCUT2D eigenvalue weighted by atomic mass is 19.2. The molecule has 2 aliphatic rings. The number of carboxylic acid groups (broad SMARTS) is 1. The first-order valence-electron chi connectivity index (χ1n) is 13.6. The van der Waals surface area contributed by atoms with E-state index in [-0.39, 0.29) is 40.4 Å². The maximum Gasteiger partial charge on any atom is 0.341 e. The van der Waals surface area contributed by atoms with Crippen LogP contribution in [-0.4, -0.2) is 88.4 Å². The number of hydrogen-bond donors (Lipinski definition) is 5. The van der Waals surface area contributed by atoms with Crippen LogP contribution in [0.3, 0.4) is 0 Å². The second-order valence-electron chi connectivity index (χ2n) is 10.7.